The summed E-state index contributed by atoms with van der Waals surface area (Å²) in [5.74, 6) is 5.41. The van der Waals surface area contributed by atoms with Gasteiger partial charge in [-0.3, -0.25) is 5.41 Å². The Morgan fingerprint density at radius 3 is 2.59 bits per heavy atom. The van der Waals surface area contributed by atoms with Crippen molar-refractivity contribution in [1.29, 1.82) is 10.8 Å². The van der Waals surface area contributed by atoms with Crippen LogP contribution in [-0.4, -0.2) is 22.2 Å². The number of hydrogen-bond acceptors (Lipinski definition) is 4. The van der Waals surface area contributed by atoms with Gasteiger partial charge in [0.15, 0.2) is 0 Å². The predicted molar refractivity (Wildman–Crippen MR) is 92.4 cm³/mol. The van der Waals surface area contributed by atoms with Gasteiger partial charge in [0.25, 0.3) is 0 Å². The van der Waals surface area contributed by atoms with Gasteiger partial charge in [0, 0.05) is 40.1 Å². The van der Waals surface area contributed by atoms with E-state index in [1.54, 1.807) is 0 Å². The fourth-order valence-electron chi connectivity index (χ4n) is 2.91. The zero-order valence-electron chi connectivity index (χ0n) is 12.3. The van der Waals surface area contributed by atoms with Crippen LogP contribution in [0.2, 0.25) is 0 Å². The van der Waals surface area contributed by atoms with Crippen molar-refractivity contribution in [1.82, 2.24) is 4.57 Å². The van der Waals surface area contributed by atoms with Crippen molar-refractivity contribution >= 4 is 39.4 Å². The summed E-state index contributed by atoms with van der Waals surface area (Å²) in [6.45, 7) is 3.01. The molecule has 110 valence electrons. The zero-order valence-corrected chi connectivity index (χ0v) is 12.3. The molecular formula is C17H17N5. The van der Waals surface area contributed by atoms with Crippen molar-refractivity contribution in [3.63, 3.8) is 0 Å². The number of hydrazone groups is 1. The van der Waals surface area contributed by atoms with Crippen molar-refractivity contribution in [2.75, 3.05) is 0 Å². The Bertz CT molecular complexity index is 917. The minimum atomic E-state index is 0.001000. The van der Waals surface area contributed by atoms with E-state index in [4.69, 9.17) is 16.7 Å². The van der Waals surface area contributed by atoms with Crippen molar-refractivity contribution in [3.05, 3.63) is 48.0 Å². The molecule has 0 unspecified atom stereocenters. The molecule has 0 saturated heterocycles. The van der Waals surface area contributed by atoms with Gasteiger partial charge in [0.2, 0.25) is 0 Å². The maximum atomic E-state index is 7.79. The number of aromatic nitrogens is 1. The van der Waals surface area contributed by atoms with Crippen LogP contribution >= 0.6 is 0 Å². The molecule has 0 radical (unpaired) electrons. The number of hydrogen-bond donors (Lipinski definition) is 3. The smallest absolute Gasteiger partial charge is 0.116 e. The molecule has 22 heavy (non-hydrogen) atoms. The first-order chi connectivity index (χ1) is 10.7. The lowest BCUT2D eigenvalue weighted by Gasteiger charge is -2.05. The maximum Gasteiger partial charge on any atom is 0.116 e. The van der Waals surface area contributed by atoms with Crippen molar-refractivity contribution < 1.29 is 0 Å². The SMILES string of the molecule is CCn1c2ccccc2c2cc(C(=NN)C(=N)C=N)ccc21. The first-order valence-corrected chi connectivity index (χ1v) is 7.10. The first-order valence-electron chi connectivity index (χ1n) is 7.10. The molecule has 0 atom stereocenters. The molecule has 0 aliphatic rings. The number of nitrogens with zero attached hydrogens (tertiary/aromatic N) is 2. The van der Waals surface area contributed by atoms with Gasteiger partial charge in [-0.1, -0.05) is 24.3 Å². The number of nitrogens with one attached hydrogen (secondary N) is 2. The molecule has 1 aromatic heterocycles. The fraction of sp³-hybridized carbons (Fsp3) is 0.118. The Morgan fingerprint density at radius 2 is 1.91 bits per heavy atom. The van der Waals surface area contributed by atoms with Gasteiger partial charge < -0.3 is 15.8 Å². The predicted octanol–water partition coefficient (Wildman–Crippen LogP) is 3.15. The van der Waals surface area contributed by atoms with Crippen LogP contribution in [0.5, 0.6) is 0 Å². The Kier molecular flexibility index (Phi) is 3.47. The Hall–Kier alpha value is -2.95. The standard InChI is InChI=1S/C17H17N5/c1-2-22-15-6-4-3-5-12(15)13-9-11(7-8-16(13)22)17(21-20)14(19)10-18/h3-10,18-19H,2,20H2,1H3. The lowest BCUT2D eigenvalue weighted by molar-refractivity contribution is 0.827. The molecule has 4 N–H and O–H groups in total. The highest BCUT2D eigenvalue weighted by atomic mass is 15.1. The van der Waals surface area contributed by atoms with Crippen LogP contribution in [0, 0.1) is 10.8 Å². The molecule has 0 amide bonds. The highest BCUT2D eigenvalue weighted by Crippen LogP contribution is 2.29. The van der Waals surface area contributed by atoms with Gasteiger partial charge in [-0.15, -0.1) is 0 Å². The van der Waals surface area contributed by atoms with Gasteiger partial charge in [0.1, 0.15) is 5.71 Å². The van der Waals surface area contributed by atoms with Crippen molar-refractivity contribution in [2.45, 2.75) is 13.5 Å². The number of rotatable bonds is 4. The second-order valence-corrected chi connectivity index (χ2v) is 5.03. The Morgan fingerprint density at radius 1 is 1.18 bits per heavy atom. The number of nitrogens with two attached hydrogens (primary N) is 1. The van der Waals surface area contributed by atoms with Crippen LogP contribution in [0.15, 0.2) is 47.6 Å². The van der Waals surface area contributed by atoms with E-state index >= 15 is 0 Å². The Balaban J connectivity index is 2.33. The minimum absolute atomic E-state index is 0.001000. The van der Waals surface area contributed by atoms with Gasteiger partial charge in [-0.05, 0) is 25.1 Å². The quantitative estimate of drug-likeness (QED) is 0.384. The minimum Gasteiger partial charge on any atom is -0.341 e. The van der Waals surface area contributed by atoms with Gasteiger partial charge in [-0.25, -0.2) is 0 Å². The van der Waals surface area contributed by atoms with E-state index in [2.05, 4.69) is 28.7 Å². The largest absolute Gasteiger partial charge is 0.341 e. The third-order valence-electron chi connectivity index (χ3n) is 3.89. The summed E-state index contributed by atoms with van der Waals surface area (Å²) >= 11 is 0. The second kappa shape index (κ2) is 5.44. The molecule has 3 aromatic rings. The monoisotopic (exact) mass is 291 g/mol. The van der Waals surface area contributed by atoms with Crippen LogP contribution in [0.25, 0.3) is 21.8 Å². The van der Waals surface area contributed by atoms with E-state index in [1.165, 1.54) is 10.9 Å². The number of aryl methyl sites for hydroxylation is 1. The number of fused-ring (bicyclic) bond motifs is 3. The van der Waals surface area contributed by atoms with E-state index < -0.39 is 0 Å². The zero-order chi connectivity index (χ0) is 15.7. The van der Waals surface area contributed by atoms with Crippen LogP contribution in [0.1, 0.15) is 12.5 Å². The molecule has 5 heteroatoms. The second-order valence-electron chi connectivity index (χ2n) is 5.03. The molecule has 0 spiro atoms. The highest BCUT2D eigenvalue weighted by molar-refractivity contribution is 6.64. The van der Waals surface area contributed by atoms with Crippen LogP contribution < -0.4 is 5.84 Å². The summed E-state index contributed by atoms with van der Waals surface area (Å²) in [5, 5.41) is 21.0. The summed E-state index contributed by atoms with van der Waals surface area (Å²) in [6.07, 6.45) is 0.950. The van der Waals surface area contributed by atoms with Crippen LogP contribution in [0.3, 0.4) is 0 Å². The van der Waals surface area contributed by atoms with Crippen LogP contribution in [-0.2, 0) is 6.54 Å². The number of benzene rings is 2. The van der Waals surface area contributed by atoms with E-state index in [0.29, 0.717) is 5.71 Å². The summed E-state index contributed by atoms with van der Waals surface area (Å²) in [5.41, 5.74) is 3.41. The van der Waals surface area contributed by atoms with E-state index in [1.807, 2.05) is 30.3 Å². The van der Waals surface area contributed by atoms with Crippen LogP contribution in [0.4, 0.5) is 0 Å². The lowest BCUT2D eigenvalue weighted by atomic mass is 10.0. The van der Waals surface area contributed by atoms with Gasteiger partial charge in [0.05, 0.1) is 5.71 Å². The molecule has 0 aliphatic carbocycles. The molecule has 5 nitrogen and oxygen atoms in total. The summed E-state index contributed by atoms with van der Waals surface area (Å²) < 4.78 is 2.26. The first kappa shape index (κ1) is 14.0. The highest BCUT2D eigenvalue weighted by Gasteiger charge is 2.13. The molecule has 0 aliphatic heterocycles. The van der Waals surface area contributed by atoms with E-state index in [0.717, 1.165) is 29.2 Å². The molecule has 1 heterocycles. The summed E-state index contributed by atoms with van der Waals surface area (Å²) in [6, 6.07) is 14.2. The molecule has 2 aromatic carbocycles. The fourth-order valence-corrected chi connectivity index (χ4v) is 2.91. The topological polar surface area (TPSA) is 91.0 Å². The van der Waals surface area contributed by atoms with Gasteiger partial charge >= 0.3 is 0 Å². The molecule has 0 fully saturated rings. The van der Waals surface area contributed by atoms with Crippen molar-refractivity contribution in [2.24, 2.45) is 10.9 Å². The summed E-state index contributed by atoms with van der Waals surface area (Å²) in [7, 11) is 0. The van der Waals surface area contributed by atoms with E-state index in [9.17, 15) is 0 Å². The van der Waals surface area contributed by atoms with Crippen molar-refractivity contribution in [3.8, 4) is 0 Å². The Labute approximate surface area is 128 Å². The third kappa shape index (κ3) is 1.98. The average Bonchev–Trinajstić information content (AvgIpc) is 2.88. The van der Waals surface area contributed by atoms with Gasteiger partial charge in [-0.2, -0.15) is 5.10 Å². The third-order valence-corrected chi connectivity index (χ3v) is 3.89. The normalized spacial score (nSPS) is 12.0. The average molecular weight is 291 g/mol. The molecular weight excluding hydrogens is 274 g/mol. The lowest BCUT2D eigenvalue weighted by Crippen LogP contribution is -2.17. The molecule has 3 rings (SSSR count). The number of para-hydroxylation sites is 1. The summed E-state index contributed by atoms with van der Waals surface area (Å²) in [4.78, 5) is 0. The molecule has 0 saturated carbocycles. The molecule has 0 bridgehead atoms. The maximum absolute atomic E-state index is 7.79. The van der Waals surface area contributed by atoms with E-state index in [-0.39, 0.29) is 5.71 Å².